The SMILES string of the molecule is Cc1ccc(C)c2c1[nH]c1ccc(C3=NCCN3)cc12.Cl. The van der Waals surface area contributed by atoms with Crippen molar-refractivity contribution in [3.63, 3.8) is 0 Å². The Labute approximate surface area is 129 Å². The van der Waals surface area contributed by atoms with Crippen LogP contribution in [0.15, 0.2) is 35.3 Å². The molecular weight excluding hydrogens is 282 g/mol. The number of aliphatic imine (C=N–C) groups is 1. The van der Waals surface area contributed by atoms with E-state index in [9.17, 15) is 0 Å². The molecule has 0 unspecified atom stereocenters. The average molecular weight is 300 g/mol. The minimum absolute atomic E-state index is 0. The monoisotopic (exact) mass is 299 g/mol. The minimum atomic E-state index is 0. The fourth-order valence-electron chi connectivity index (χ4n) is 3.05. The van der Waals surface area contributed by atoms with E-state index in [0.29, 0.717) is 0 Å². The van der Waals surface area contributed by atoms with Gasteiger partial charge in [0.2, 0.25) is 0 Å². The van der Waals surface area contributed by atoms with E-state index in [-0.39, 0.29) is 12.4 Å². The number of hydrogen-bond acceptors (Lipinski definition) is 2. The topological polar surface area (TPSA) is 40.2 Å². The molecule has 1 aliphatic heterocycles. The molecule has 0 atom stereocenters. The summed E-state index contributed by atoms with van der Waals surface area (Å²) in [5.74, 6) is 1.02. The summed E-state index contributed by atoms with van der Waals surface area (Å²) in [6.07, 6.45) is 0. The number of hydrogen-bond donors (Lipinski definition) is 2. The predicted molar refractivity (Wildman–Crippen MR) is 91.9 cm³/mol. The first-order valence-electron chi connectivity index (χ1n) is 7.04. The highest BCUT2D eigenvalue weighted by molar-refractivity contribution is 6.12. The molecule has 108 valence electrons. The first-order chi connectivity index (χ1) is 9.74. The molecule has 21 heavy (non-hydrogen) atoms. The normalized spacial score (nSPS) is 14.1. The van der Waals surface area contributed by atoms with Crippen molar-refractivity contribution < 1.29 is 0 Å². The van der Waals surface area contributed by atoms with Gasteiger partial charge in [0.25, 0.3) is 0 Å². The fourth-order valence-corrected chi connectivity index (χ4v) is 3.05. The Bertz CT molecular complexity index is 861. The maximum Gasteiger partial charge on any atom is 0.128 e. The standard InChI is InChI=1S/C17H17N3.ClH/c1-10-3-4-11(2)16-15(10)13-9-12(5-6-14(13)20-16)17-18-7-8-19-17;/h3-6,9,20H,7-8H2,1-2H3,(H,18,19);1H. The summed E-state index contributed by atoms with van der Waals surface area (Å²) in [4.78, 5) is 8.06. The number of fused-ring (bicyclic) bond motifs is 3. The van der Waals surface area contributed by atoms with Crippen molar-refractivity contribution in [1.82, 2.24) is 10.3 Å². The van der Waals surface area contributed by atoms with E-state index < -0.39 is 0 Å². The molecule has 0 saturated heterocycles. The van der Waals surface area contributed by atoms with E-state index in [0.717, 1.165) is 18.9 Å². The second-order valence-corrected chi connectivity index (χ2v) is 5.49. The zero-order chi connectivity index (χ0) is 13.7. The fraction of sp³-hybridized carbons (Fsp3) is 0.235. The zero-order valence-electron chi connectivity index (χ0n) is 12.2. The third-order valence-electron chi connectivity index (χ3n) is 4.12. The van der Waals surface area contributed by atoms with Gasteiger partial charge in [0.05, 0.1) is 6.54 Å². The van der Waals surface area contributed by atoms with E-state index in [4.69, 9.17) is 0 Å². The van der Waals surface area contributed by atoms with E-state index in [1.165, 1.54) is 38.5 Å². The second kappa shape index (κ2) is 5.08. The van der Waals surface area contributed by atoms with Crippen molar-refractivity contribution in [3.05, 3.63) is 47.0 Å². The Morgan fingerprint density at radius 3 is 2.62 bits per heavy atom. The number of nitrogens with zero attached hydrogens (tertiary/aromatic N) is 1. The van der Waals surface area contributed by atoms with Crippen LogP contribution in [0, 0.1) is 13.8 Å². The molecule has 2 heterocycles. The molecule has 1 aromatic heterocycles. The largest absolute Gasteiger partial charge is 0.368 e. The van der Waals surface area contributed by atoms with Crippen LogP contribution >= 0.6 is 12.4 Å². The molecule has 0 aliphatic carbocycles. The predicted octanol–water partition coefficient (Wildman–Crippen LogP) is 3.71. The third kappa shape index (κ3) is 2.09. The summed E-state index contributed by atoms with van der Waals surface area (Å²) in [6, 6.07) is 10.9. The van der Waals surface area contributed by atoms with Crippen LogP contribution in [-0.2, 0) is 0 Å². The Morgan fingerprint density at radius 2 is 1.86 bits per heavy atom. The number of halogens is 1. The summed E-state index contributed by atoms with van der Waals surface area (Å²) in [6.45, 7) is 6.15. The van der Waals surface area contributed by atoms with Gasteiger partial charge in [0, 0.05) is 33.9 Å². The van der Waals surface area contributed by atoms with Crippen molar-refractivity contribution in [1.29, 1.82) is 0 Å². The molecule has 2 aromatic carbocycles. The summed E-state index contributed by atoms with van der Waals surface area (Å²) < 4.78 is 0. The van der Waals surface area contributed by atoms with Crippen molar-refractivity contribution in [2.24, 2.45) is 4.99 Å². The van der Waals surface area contributed by atoms with Gasteiger partial charge in [-0.15, -0.1) is 12.4 Å². The molecule has 0 radical (unpaired) electrons. The van der Waals surface area contributed by atoms with Crippen molar-refractivity contribution in [3.8, 4) is 0 Å². The molecule has 3 nitrogen and oxygen atoms in total. The second-order valence-electron chi connectivity index (χ2n) is 5.49. The van der Waals surface area contributed by atoms with Gasteiger partial charge in [-0.1, -0.05) is 12.1 Å². The molecule has 0 saturated carbocycles. The Kier molecular flexibility index (Phi) is 3.38. The Hall–Kier alpha value is -2.00. The van der Waals surface area contributed by atoms with Crippen LogP contribution in [0.3, 0.4) is 0 Å². The Balaban J connectivity index is 0.00000132. The maximum absolute atomic E-state index is 4.51. The minimum Gasteiger partial charge on any atom is -0.368 e. The number of amidine groups is 1. The first kappa shape index (κ1) is 14.0. The van der Waals surface area contributed by atoms with Gasteiger partial charge in [0.15, 0.2) is 0 Å². The van der Waals surface area contributed by atoms with Gasteiger partial charge < -0.3 is 10.3 Å². The van der Waals surface area contributed by atoms with Crippen LogP contribution in [-0.4, -0.2) is 23.9 Å². The summed E-state index contributed by atoms with van der Waals surface area (Å²) in [5.41, 5.74) is 6.23. The van der Waals surface area contributed by atoms with Crippen LogP contribution in [0.1, 0.15) is 16.7 Å². The van der Waals surface area contributed by atoms with E-state index in [2.05, 4.69) is 59.5 Å². The van der Waals surface area contributed by atoms with Gasteiger partial charge in [0.1, 0.15) is 5.84 Å². The van der Waals surface area contributed by atoms with Gasteiger partial charge in [-0.25, -0.2) is 0 Å². The van der Waals surface area contributed by atoms with Crippen molar-refractivity contribution in [2.75, 3.05) is 13.1 Å². The first-order valence-corrected chi connectivity index (χ1v) is 7.04. The van der Waals surface area contributed by atoms with Crippen LogP contribution in [0.4, 0.5) is 0 Å². The smallest absolute Gasteiger partial charge is 0.128 e. The zero-order valence-corrected chi connectivity index (χ0v) is 13.0. The van der Waals surface area contributed by atoms with Gasteiger partial charge in [-0.3, -0.25) is 4.99 Å². The lowest BCUT2D eigenvalue weighted by atomic mass is 10.0. The third-order valence-corrected chi connectivity index (χ3v) is 4.12. The van der Waals surface area contributed by atoms with Gasteiger partial charge in [-0.2, -0.15) is 0 Å². The maximum atomic E-state index is 4.51. The highest BCUT2D eigenvalue weighted by Crippen LogP contribution is 2.31. The highest BCUT2D eigenvalue weighted by Gasteiger charge is 2.12. The number of aromatic amines is 1. The van der Waals surface area contributed by atoms with Crippen LogP contribution in [0.2, 0.25) is 0 Å². The molecular formula is C17H18ClN3. The molecule has 0 bridgehead atoms. The number of aromatic nitrogens is 1. The number of benzene rings is 2. The lowest BCUT2D eigenvalue weighted by molar-refractivity contribution is 0.960. The molecule has 0 fully saturated rings. The highest BCUT2D eigenvalue weighted by atomic mass is 35.5. The number of H-pyrrole nitrogens is 1. The summed E-state index contributed by atoms with van der Waals surface area (Å²) >= 11 is 0. The number of nitrogens with one attached hydrogen (secondary N) is 2. The quantitative estimate of drug-likeness (QED) is 0.706. The molecule has 4 rings (SSSR count). The van der Waals surface area contributed by atoms with E-state index >= 15 is 0 Å². The molecule has 0 amide bonds. The van der Waals surface area contributed by atoms with Gasteiger partial charge in [-0.05, 0) is 43.2 Å². The molecule has 2 N–H and O–H groups in total. The molecule has 1 aliphatic rings. The van der Waals surface area contributed by atoms with E-state index in [1.54, 1.807) is 0 Å². The number of rotatable bonds is 1. The average Bonchev–Trinajstić information content (AvgIpc) is 3.09. The Morgan fingerprint density at radius 1 is 1.05 bits per heavy atom. The molecule has 3 aromatic rings. The molecule has 0 spiro atoms. The van der Waals surface area contributed by atoms with Crippen molar-refractivity contribution >= 4 is 40.0 Å². The van der Waals surface area contributed by atoms with Crippen LogP contribution in [0.5, 0.6) is 0 Å². The van der Waals surface area contributed by atoms with Crippen LogP contribution in [0.25, 0.3) is 21.8 Å². The van der Waals surface area contributed by atoms with Crippen LogP contribution < -0.4 is 5.32 Å². The molecule has 4 heteroatoms. The number of aryl methyl sites for hydroxylation is 2. The van der Waals surface area contributed by atoms with Crippen molar-refractivity contribution in [2.45, 2.75) is 13.8 Å². The summed E-state index contributed by atoms with van der Waals surface area (Å²) in [5, 5.41) is 5.96. The summed E-state index contributed by atoms with van der Waals surface area (Å²) in [7, 11) is 0. The lowest BCUT2D eigenvalue weighted by Gasteiger charge is -2.03. The van der Waals surface area contributed by atoms with E-state index in [1.807, 2.05) is 0 Å². The lowest BCUT2D eigenvalue weighted by Crippen LogP contribution is -2.19. The van der Waals surface area contributed by atoms with Gasteiger partial charge >= 0.3 is 0 Å².